The second-order valence-corrected chi connectivity index (χ2v) is 7.54. The molecular formula is C25H19FN4O2. The average molecular weight is 426 g/mol. The van der Waals surface area contributed by atoms with Crippen LogP contribution in [0.3, 0.4) is 0 Å². The Kier molecular flexibility index (Phi) is 4.78. The number of aromatic amines is 1. The van der Waals surface area contributed by atoms with Gasteiger partial charge in [-0.15, -0.1) is 0 Å². The highest BCUT2D eigenvalue weighted by Gasteiger charge is 2.24. The van der Waals surface area contributed by atoms with Gasteiger partial charge in [-0.25, -0.2) is 9.37 Å². The summed E-state index contributed by atoms with van der Waals surface area (Å²) in [5.74, 6) is -0.321. The minimum Gasteiger partial charge on any atom is -0.347 e. The van der Waals surface area contributed by atoms with E-state index < -0.39 is 0 Å². The smallest absolute Gasteiger partial charge is 0.268 e. The number of nitrogens with one attached hydrogen (secondary N) is 2. The molecular weight excluding hydrogens is 407 g/mol. The number of nitrogens with zero attached hydrogens (tertiary/aromatic N) is 2. The number of aromatic nitrogens is 3. The summed E-state index contributed by atoms with van der Waals surface area (Å²) in [6.45, 7) is 0.238. The number of fused-ring (bicyclic) bond motifs is 2. The molecule has 5 aromatic rings. The predicted molar refractivity (Wildman–Crippen MR) is 122 cm³/mol. The third kappa shape index (κ3) is 3.33. The van der Waals surface area contributed by atoms with Crippen molar-refractivity contribution >= 4 is 27.7 Å². The molecule has 0 unspecified atom stereocenters. The molecule has 0 atom stereocenters. The number of hydrogen-bond acceptors (Lipinski definition) is 3. The molecule has 5 rings (SSSR count). The van der Waals surface area contributed by atoms with Crippen LogP contribution in [0.2, 0.25) is 0 Å². The van der Waals surface area contributed by atoms with Crippen LogP contribution >= 0.6 is 0 Å². The standard InChI is InChI=1S/C25H19FN4O2/c1-30-20-9-5-3-7-18(20)21(23-28-19-8-4-2-6-17(19)24(31)29-23)22(30)25(32)27-14-15-10-12-16(26)13-11-15/h2-13H,14H2,1H3,(H,27,32)(H,28,29,31). The van der Waals surface area contributed by atoms with Gasteiger partial charge in [0.2, 0.25) is 0 Å². The number of aryl methyl sites for hydroxylation is 1. The van der Waals surface area contributed by atoms with Gasteiger partial charge in [0.1, 0.15) is 17.3 Å². The average Bonchev–Trinajstić information content (AvgIpc) is 3.11. The zero-order valence-corrected chi connectivity index (χ0v) is 17.2. The van der Waals surface area contributed by atoms with Crippen LogP contribution in [0.4, 0.5) is 4.39 Å². The summed E-state index contributed by atoms with van der Waals surface area (Å²) in [6.07, 6.45) is 0. The zero-order valence-electron chi connectivity index (χ0n) is 17.2. The number of benzene rings is 3. The van der Waals surface area contributed by atoms with Crippen molar-refractivity contribution in [1.82, 2.24) is 19.9 Å². The minimum absolute atomic E-state index is 0.238. The van der Waals surface area contributed by atoms with Gasteiger partial charge in [-0.05, 0) is 35.9 Å². The Hall–Kier alpha value is -4.26. The molecule has 0 fully saturated rings. The van der Waals surface area contributed by atoms with E-state index in [0.717, 1.165) is 16.5 Å². The molecule has 0 aliphatic carbocycles. The molecule has 158 valence electrons. The van der Waals surface area contributed by atoms with Crippen LogP contribution in [0.15, 0.2) is 77.6 Å². The van der Waals surface area contributed by atoms with E-state index in [1.54, 1.807) is 41.9 Å². The van der Waals surface area contributed by atoms with E-state index in [4.69, 9.17) is 0 Å². The fourth-order valence-electron chi connectivity index (χ4n) is 3.97. The van der Waals surface area contributed by atoms with Gasteiger partial charge in [-0.3, -0.25) is 9.59 Å². The van der Waals surface area contributed by atoms with Crippen molar-refractivity contribution in [3.63, 3.8) is 0 Å². The van der Waals surface area contributed by atoms with Gasteiger partial charge in [0.15, 0.2) is 0 Å². The molecule has 0 spiro atoms. The van der Waals surface area contributed by atoms with Crippen LogP contribution in [0.25, 0.3) is 33.2 Å². The Labute approximate surface area is 182 Å². The number of carbonyl (C=O) groups is 1. The first-order valence-corrected chi connectivity index (χ1v) is 10.1. The first-order valence-electron chi connectivity index (χ1n) is 10.1. The lowest BCUT2D eigenvalue weighted by Gasteiger charge is -2.10. The molecule has 0 bridgehead atoms. The van der Waals surface area contributed by atoms with Gasteiger partial charge in [-0.1, -0.05) is 42.5 Å². The highest BCUT2D eigenvalue weighted by molar-refractivity contribution is 6.09. The van der Waals surface area contributed by atoms with Crippen molar-refractivity contribution in [2.45, 2.75) is 6.54 Å². The molecule has 2 aromatic heterocycles. The lowest BCUT2D eigenvalue weighted by Crippen LogP contribution is -2.26. The Bertz CT molecular complexity index is 1530. The van der Waals surface area contributed by atoms with Crippen molar-refractivity contribution in [3.8, 4) is 11.4 Å². The zero-order chi connectivity index (χ0) is 22.2. The molecule has 0 saturated heterocycles. The van der Waals surface area contributed by atoms with Gasteiger partial charge in [0.05, 0.1) is 16.5 Å². The Morgan fingerprint density at radius 3 is 2.47 bits per heavy atom. The van der Waals surface area contributed by atoms with E-state index in [-0.39, 0.29) is 23.8 Å². The van der Waals surface area contributed by atoms with Crippen molar-refractivity contribution in [2.24, 2.45) is 7.05 Å². The Morgan fingerprint density at radius 1 is 1.00 bits per heavy atom. The van der Waals surface area contributed by atoms with E-state index in [1.165, 1.54) is 12.1 Å². The summed E-state index contributed by atoms with van der Waals surface area (Å²) >= 11 is 0. The monoisotopic (exact) mass is 426 g/mol. The summed E-state index contributed by atoms with van der Waals surface area (Å²) in [7, 11) is 1.80. The highest BCUT2D eigenvalue weighted by Crippen LogP contribution is 2.32. The maximum atomic E-state index is 13.3. The van der Waals surface area contributed by atoms with Gasteiger partial charge in [-0.2, -0.15) is 0 Å². The summed E-state index contributed by atoms with van der Waals surface area (Å²) < 4.78 is 15.0. The number of rotatable bonds is 4. The van der Waals surface area contributed by atoms with E-state index in [1.807, 2.05) is 30.3 Å². The molecule has 2 heterocycles. The summed E-state index contributed by atoms with van der Waals surface area (Å²) in [4.78, 5) is 33.5. The first kappa shape index (κ1) is 19.7. The maximum Gasteiger partial charge on any atom is 0.268 e. The summed E-state index contributed by atoms with van der Waals surface area (Å²) in [5.41, 5.74) is 2.84. The predicted octanol–water partition coefficient (Wildman–Crippen LogP) is 4.15. The second-order valence-electron chi connectivity index (χ2n) is 7.54. The second kappa shape index (κ2) is 7.77. The molecule has 0 aliphatic rings. The molecule has 0 radical (unpaired) electrons. The molecule has 7 heteroatoms. The topological polar surface area (TPSA) is 79.8 Å². The molecule has 2 N–H and O–H groups in total. The lowest BCUT2D eigenvalue weighted by atomic mass is 10.1. The SMILES string of the molecule is Cn1c(C(=O)NCc2ccc(F)cc2)c(-c2nc3ccccc3c(=O)[nH]2)c2ccccc21. The van der Waals surface area contributed by atoms with Crippen LogP contribution in [0.1, 0.15) is 16.1 Å². The highest BCUT2D eigenvalue weighted by atomic mass is 19.1. The van der Waals surface area contributed by atoms with Crippen molar-refractivity contribution in [3.05, 3.63) is 100 Å². The van der Waals surface area contributed by atoms with E-state index >= 15 is 0 Å². The summed E-state index contributed by atoms with van der Waals surface area (Å²) in [6, 6.07) is 20.6. The fourth-order valence-corrected chi connectivity index (χ4v) is 3.97. The van der Waals surface area contributed by atoms with E-state index in [9.17, 15) is 14.0 Å². The third-order valence-corrected chi connectivity index (χ3v) is 5.54. The van der Waals surface area contributed by atoms with Crippen LogP contribution in [0, 0.1) is 5.82 Å². The normalized spacial score (nSPS) is 11.2. The largest absolute Gasteiger partial charge is 0.347 e. The molecule has 0 aliphatic heterocycles. The Balaban J connectivity index is 1.64. The molecule has 32 heavy (non-hydrogen) atoms. The van der Waals surface area contributed by atoms with Gasteiger partial charge in [0, 0.05) is 24.5 Å². The van der Waals surface area contributed by atoms with Gasteiger partial charge in [0.25, 0.3) is 11.5 Å². The third-order valence-electron chi connectivity index (χ3n) is 5.54. The number of H-pyrrole nitrogens is 1. The van der Waals surface area contributed by atoms with Crippen LogP contribution in [0.5, 0.6) is 0 Å². The van der Waals surface area contributed by atoms with Crippen LogP contribution in [-0.4, -0.2) is 20.4 Å². The number of amides is 1. The molecule has 0 saturated carbocycles. The summed E-state index contributed by atoms with van der Waals surface area (Å²) in [5, 5.41) is 4.19. The fraction of sp³-hybridized carbons (Fsp3) is 0.0800. The van der Waals surface area contributed by atoms with Crippen molar-refractivity contribution in [2.75, 3.05) is 0 Å². The number of para-hydroxylation sites is 2. The van der Waals surface area contributed by atoms with Crippen LogP contribution < -0.4 is 10.9 Å². The number of hydrogen-bond donors (Lipinski definition) is 2. The molecule has 1 amide bonds. The van der Waals surface area contributed by atoms with Crippen molar-refractivity contribution in [1.29, 1.82) is 0 Å². The van der Waals surface area contributed by atoms with Gasteiger partial charge >= 0.3 is 0 Å². The molecule has 6 nitrogen and oxygen atoms in total. The number of carbonyl (C=O) groups excluding carboxylic acids is 1. The first-order chi connectivity index (χ1) is 15.5. The van der Waals surface area contributed by atoms with Gasteiger partial charge < -0.3 is 14.9 Å². The quantitative estimate of drug-likeness (QED) is 0.453. The van der Waals surface area contributed by atoms with E-state index in [0.29, 0.717) is 28.0 Å². The Morgan fingerprint density at radius 2 is 1.69 bits per heavy atom. The minimum atomic E-state index is -0.331. The number of halogens is 1. The van der Waals surface area contributed by atoms with E-state index in [2.05, 4.69) is 15.3 Å². The molecule has 3 aromatic carbocycles. The van der Waals surface area contributed by atoms with Crippen molar-refractivity contribution < 1.29 is 9.18 Å². The maximum absolute atomic E-state index is 13.3. The van der Waals surface area contributed by atoms with Crippen LogP contribution in [-0.2, 0) is 13.6 Å². The lowest BCUT2D eigenvalue weighted by molar-refractivity contribution is 0.0944.